The number of H-pyrrole nitrogens is 1. The van der Waals surface area contributed by atoms with Gasteiger partial charge in [0.2, 0.25) is 0 Å². The van der Waals surface area contributed by atoms with Crippen LogP contribution in [-0.2, 0) is 0 Å². The van der Waals surface area contributed by atoms with Gasteiger partial charge in [-0.3, -0.25) is 4.79 Å². The summed E-state index contributed by atoms with van der Waals surface area (Å²) in [5, 5.41) is 10.5. The molecule has 0 saturated carbocycles. The number of aliphatic hydroxyl groups is 1. The number of carbonyl (C=O) groups excluding carboxylic acids is 1. The van der Waals surface area contributed by atoms with E-state index in [2.05, 4.69) is 11.9 Å². The molecule has 2 heterocycles. The molecule has 1 amide bonds. The van der Waals surface area contributed by atoms with E-state index in [1.54, 1.807) is 4.90 Å². The van der Waals surface area contributed by atoms with Gasteiger partial charge in [0.25, 0.3) is 5.91 Å². The molecule has 0 unspecified atom stereocenters. The largest absolute Gasteiger partial charge is 0.394 e. The lowest BCUT2D eigenvalue weighted by atomic mass is 10.1. The van der Waals surface area contributed by atoms with Crippen molar-refractivity contribution in [2.45, 2.75) is 32.7 Å². The maximum Gasteiger partial charge on any atom is 0.254 e. The first-order valence-electron chi connectivity index (χ1n) is 7.12. The van der Waals surface area contributed by atoms with E-state index in [-0.39, 0.29) is 18.6 Å². The first kappa shape index (κ1) is 13.2. The molecule has 20 heavy (non-hydrogen) atoms. The van der Waals surface area contributed by atoms with Crippen LogP contribution in [0.2, 0.25) is 0 Å². The van der Waals surface area contributed by atoms with Gasteiger partial charge in [-0.15, -0.1) is 0 Å². The van der Waals surface area contributed by atoms with Gasteiger partial charge in [0.05, 0.1) is 12.6 Å². The van der Waals surface area contributed by atoms with Crippen molar-refractivity contribution in [2.75, 3.05) is 13.2 Å². The average molecular weight is 272 g/mol. The average Bonchev–Trinajstić information content (AvgIpc) is 3.04. The molecular weight excluding hydrogens is 252 g/mol. The second-order valence-electron chi connectivity index (χ2n) is 5.61. The third-order valence-electron chi connectivity index (χ3n) is 4.40. The lowest BCUT2D eigenvalue weighted by molar-refractivity contribution is 0.0678. The summed E-state index contributed by atoms with van der Waals surface area (Å²) >= 11 is 0. The van der Waals surface area contributed by atoms with Crippen molar-refractivity contribution >= 4 is 16.8 Å². The smallest absolute Gasteiger partial charge is 0.254 e. The third-order valence-corrected chi connectivity index (χ3v) is 4.40. The number of aliphatic hydroxyl groups excluding tert-OH is 1. The highest BCUT2D eigenvalue weighted by molar-refractivity contribution is 5.99. The minimum absolute atomic E-state index is 0.0211. The summed E-state index contributed by atoms with van der Waals surface area (Å²) in [5.74, 6) is 0.0294. The zero-order valence-electron chi connectivity index (χ0n) is 11.9. The number of aryl methyl sites for hydroxylation is 2. The number of amides is 1. The van der Waals surface area contributed by atoms with Crippen LogP contribution in [0.25, 0.3) is 10.9 Å². The number of fused-ring (bicyclic) bond motifs is 1. The Kier molecular flexibility index (Phi) is 3.26. The van der Waals surface area contributed by atoms with E-state index in [4.69, 9.17) is 0 Å². The Morgan fingerprint density at radius 1 is 1.45 bits per heavy atom. The Hall–Kier alpha value is -1.81. The lowest BCUT2D eigenvalue weighted by Crippen LogP contribution is -2.37. The van der Waals surface area contributed by atoms with Gasteiger partial charge in [-0.25, -0.2) is 0 Å². The number of nitrogens with one attached hydrogen (secondary N) is 1. The van der Waals surface area contributed by atoms with Gasteiger partial charge in [-0.1, -0.05) is 0 Å². The van der Waals surface area contributed by atoms with Crippen molar-refractivity contribution in [1.29, 1.82) is 0 Å². The molecule has 4 heteroatoms. The quantitative estimate of drug-likeness (QED) is 0.882. The van der Waals surface area contributed by atoms with Gasteiger partial charge in [0.1, 0.15) is 0 Å². The van der Waals surface area contributed by atoms with Crippen molar-refractivity contribution in [2.24, 2.45) is 0 Å². The zero-order valence-corrected chi connectivity index (χ0v) is 11.9. The summed E-state index contributed by atoms with van der Waals surface area (Å²) < 4.78 is 0. The van der Waals surface area contributed by atoms with Gasteiger partial charge in [-0.2, -0.15) is 0 Å². The molecule has 1 aliphatic heterocycles. The Bertz CT molecular complexity index is 660. The number of carbonyl (C=O) groups is 1. The highest BCUT2D eigenvalue weighted by Crippen LogP contribution is 2.25. The number of rotatable bonds is 2. The molecule has 1 aromatic heterocycles. The van der Waals surface area contributed by atoms with Gasteiger partial charge >= 0.3 is 0 Å². The number of aromatic amines is 1. The van der Waals surface area contributed by atoms with Crippen molar-refractivity contribution in [3.63, 3.8) is 0 Å². The van der Waals surface area contributed by atoms with Crippen LogP contribution in [0.5, 0.6) is 0 Å². The molecule has 1 aliphatic rings. The SMILES string of the molecule is Cc1[nH]c2ccc(C(=O)N3CCC[C@@H]3CO)cc2c1C. The summed E-state index contributed by atoms with van der Waals surface area (Å²) in [5.41, 5.74) is 4.10. The van der Waals surface area contributed by atoms with Crippen LogP contribution in [0.4, 0.5) is 0 Å². The molecule has 2 N–H and O–H groups in total. The van der Waals surface area contributed by atoms with E-state index < -0.39 is 0 Å². The number of likely N-dealkylation sites (tertiary alicyclic amines) is 1. The molecule has 0 bridgehead atoms. The Morgan fingerprint density at radius 3 is 3.00 bits per heavy atom. The van der Waals surface area contributed by atoms with E-state index >= 15 is 0 Å². The Morgan fingerprint density at radius 2 is 2.25 bits per heavy atom. The molecule has 1 fully saturated rings. The molecule has 1 aromatic carbocycles. The number of hydrogen-bond donors (Lipinski definition) is 2. The molecule has 106 valence electrons. The van der Waals surface area contributed by atoms with E-state index in [1.807, 2.05) is 25.1 Å². The topological polar surface area (TPSA) is 56.3 Å². The first-order valence-corrected chi connectivity index (χ1v) is 7.12. The first-order chi connectivity index (χ1) is 9.61. The number of benzene rings is 1. The monoisotopic (exact) mass is 272 g/mol. The molecule has 0 radical (unpaired) electrons. The highest BCUT2D eigenvalue weighted by Gasteiger charge is 2.28. The fraction of sp³-hybridized carbons (Fsp3) is 0.438. The molecule has 0 spiro atoms. The number of hydrogen-bond acceptors (Lipinski definition) is 2. The maximum absolute atomic E-state index is 12.6. The van der Waals surface area contributed by atoms with Crippen LogP contribution in [0, 0.1) is 13.8 Å². The molecule has 3 rings (SSSR count). The second-order valence-corrected chi connectivity index (χ2v) is 5.61. The summed E-state index contributed by atoms with van der Waals surface area (Å²) in [6.45, 7) is 4.90. The maximum atomic E-state index is 12.6. The number of aromatic nitrogens is 1. The molecule has 4 nitrogen and oxygen atoms in total. The van der Waals surface area contributed by atoms with Crippen LogP contribution in [0.15, 0.2) is 18.2 Å². The minimum Gasteiger partial charge on any atom is -0.394 e. The van der Waals surface area contributed by atoms with Crippen molar-refractivity contribution in [1.82, 2.24) is 9.88 Å². The highest BCUT2D eigenvalue weighted by atomic mass is 16.3. The van der Waals surface area contributed by atoms with E-state index in [0.29, 0.717) is 5.56 Å². The summed E-state index contributed by atoms with van der Waals surface area (Å²) in [7, 11) is 0. The molecular formula is C16H20N2O2. The van der Waals surface area contributed by atoms with Crippen LogP contribution in [0.3, 0.4) is 0 Å². The molecule has 2 aromatic rings. The van der Waals surface area contributed by atoms with Crippen molar-refractivity contribution < 1.29 is 9.90 Å². The van der Waals surface area contributed by atoms with Gasteiger partial charge in [-0.05, 0) is 50.5 Å². The van der Waals surface area contributed by atoms with Crippen molar-refractivity contribution in [3.8, 4) is 0 Å². The van der Waals surface area contributed by atoms with Crippen LogP contribution in [-0.4, -0.2) is 40.1 Å². The standard InChI is InChI=1S/C16H20N2O2/c1-10-11(2)17-15-6-5-12(8-14(10)15)16(20)18-7-3-4-13(18)9-19/h5-6,8,13,17,19H,3-4,7,9H2,1-2H3/t13-/m1/s1. The van der Waals surface area contributed by atoms with Crippen LogP contribution < -0.4 is 0 Å². The van der Waals surface area contributed by atoms with E-state index in [1.165, 1.54) is 5.56 Å². The third kappa shape index (κ3) is 2.00. The number of nitrogens with zero attached hydrogens (tertiary/aromatic N) is 1. The minimum atomic E-state index is -0.0211. The van der Waals surface area contributed by atoms with Crippen LogP contribution in [0.1, 0.15) is 34.5 Å². The summed E-state index contributed by atoms with van der Waals surface area (Å²) in [6, 6.07) is 5.77. The summed E-state index contributed by atoms with van der Waals surface area (Å²) in [4.78, 5) is 17.7. The summed E-state index contributed by atoms with van der Waals surface area (Å²) in [6.07, 6.45) is 1.87. The van der Waals surface area contributed by atoms with Gasteiger partial charge in [0.15, 0.2) is 0 Å². The Balaban J connectivity index is 1.97. The van der Waals surface area contributed by atoms with Gasteiger partial charge in [0, 0.05) is 28.7 Å². The second kappa shape index (κ2) is 4.94. The Labute approximate surface area is 118 Å². The van der Waals surface area contributed by atoms with Crippen LogP contribution >= 0.6 is 0 Å². The molecule has 1 atom stereocenters. The fourth-order valence-electron chi connectivity index (χ4n) is 3.05. The zero-order chi connectivity index (χ0) is 14.3. The van der Waals surface area contributed by atoms with E-state index in [0.717, 1.165) is 36.0 Å². The normalized spacial score (nSPS) is 18.9. The lowest BCUT2D eigenvalue weighted by Gasteiger charge is -2.23. The van der Waals surface area contributed by atoms with Crippen molar-refractivity contribution in [3.05, 3.63) is 35.0 Å². The van der Waals surface area contributed by atoms with E-state index in [9.17, 15) is 9.90 Å². The van der Waals surface area contributed by atoms with Gasteiger partial charge < -0.3 is 15.0 Å². The molecule has 0 aliphatic carbocycles. The molecule has 1 saturated heterocycles. The predicted octanol–water partition coefficient (Wildman–Crippen LogP) is 2.38. The predicted molar refractivity (Wildman–Crippen MR) is 78.9 cm³/mol. The fourth-order valence-corrected chi connectivity index (χ4v) is 3.05.